The number of carbonyl (C=O) groups is 1. The van der Waals surface area contributed by atoms with Crippen LogP contribution in [0.4, 0.5) is 0 Å². The molecular weight excluding hydrogens is 212 g/mol. The van der Waals surface area contributed by atoms with Crippen molar-refractivity contribution < 1.29 is 10.0 Å². The summed E-state index contributed by atoms with van der Waals surface area (Å²) in [6.45, 7) is 0. The zero-order valence-electron chi connectivity index (χ0n) is 7.93. The molecule has 15 heavy (non-hydrogen) atoms. The van der Waals surface area contributed by atoms with Gasteiger partial charge in [-0.25, -0.2) is 10.5 Å². The van der Waals surface area contributed by atoms with Gasteiger partial charge in [0, 0.05) is 12.8 Å². The van der Waals surface area contributed by atoms with Crippen LogP contribution in [-0.4, -0.2) is 16.1 Å². The molecule has 0 aliphatic carbocycles. The zero-order valence-corrected chi connectivity index (χ0v) is 8.75. The van der Waals surface area contributed by atoms with Crippen molar-refractivity contribution in [1.29, 1.82) is 0 Å². The van der Waals surface area contributed by atoms with Crippen molar-refractivity contribution in [3.05, 3.63) is 29.3 Å². The van der Waals surface area contributed by atoms with E-state index in [0.717, 1.165) is 15.2 Å². The Hall–Kier alpha value is -1.46. The van der Waals surface area contributed by atoms with Gasteiger partial charge in [-0.3, -0.25) is 10.0 Å². The van der Waals surface area contributed by atoms with Crippen LogP contribution in [0.1, 0.15) is 11.4 Å². The number of aromatic nitrogens is 1. The number of hydroxylamine groups is 1. The van der Waals surface area contributed by atoms with Crippen LogP contribution in [0.15, 0.2) is 24.3 Å². The molecule has 0 aliphatic heterocycles. The molecule has 2 aromatic rings. The number of nitrogens with zero attached hydrogens (tertiary/aromatic N) is 1. The lowest BCUT2D eigenvalue weighted by atomic mass is 10.3. The molecule has 78 valence electrons. The highest BCUT2D eigenvalue weighted by atomic mass is 32.1. The quantitative estimate of drug-likeness (QED) is 0.614. The molecule has 1 heterocycles. The van der Waals surface area contributed by atoms with Gasteiger partial charge in [0.1, 0.15) is 0 Å². The Labute approximate surface area is 90.5 Å². The molecule has 0 fully saturated rings. The van der Waals surface area contributed by atoms with E-state index >= 15 is 0 Å². The van der Waals surface area contributed by atoms with E-state index in [2.05, 4.69) is 4.98 Å². The number of hydrogen-bond donors (Lipinski definition) is 2. The monoisotopic (exact) mass is 222 g/mol. The minimum atomic E-state index is -0.380. The molecule has 0 radical (unpaired) electrons. The van der Waals surface area contributed by atoms with Gasteiger partial charge in [-0.1, -0.05) is 12.1 Å². The van der Waals surface area contributed by atoms with Gasteiger partial charge in [0.05, 0.1) is 15.2 Å². The number of carbonyl (C=O) groups excluding carboxylic acids is 1. The fourth-order valence-electron chi connectivity index (χ4n) is 1.30. The molecule has 1 aromatic heterocycles. The van der Waals surface area contributed by atoms with E-state index in [1.54, 1.807) is 16.8 Å². The highest BCUT2D eigenvalue weighted by Gasteiger charge is 2.05. The van der Waals surface area contributed by atoms with Gasteiger partial charge in [0.2, 0.25) is 5.91 Å². The largest absolute Gasteiger partial charge is 0.289 e. The number of fused-ring (bicyclic) bond motifs is 1. The van der Waals surface area contributed by atoms with Crippen LogP contribution in [-0.2, 0) is 11.2 Å². The summed E-state index contributed by atoms with van der Waals surface area (Å²) in [5, 5.41) is 9.25. The van der Waals surface area contributed by atoms with Crippen molar-refractivity contribution in [2.24, 2.45) is 0 Å². The normalized spacial score (nSPS) is 10.5. The lowest BCUT2D eigenvalue weighted by molar-refractivity contribution is -0.129. The van der Waals surface area contributed by atoms with Crippen LogP contribution < -0.4 is 5.48 Å². The second kappa shape index (κ2) is 4.37. The first-order chi connectivity index (χ1) is 7.29. The summed E-state index contributed by atoms with van der Waals surface area (Å²) in [5.74, 6) is -0.380. The summed E-state index contributed by atoms with van der Waals surface area (Å²) in [6.07, 6.45) is 0.821. The van der Waals surface area contributed by atoms with E-state index in [0.29, 0.717) is 6.42 Å². The van der Waals surface area contributed by atoms with Gasteiger partial charge >= 0.3 is 0 Å². The number of aryl methyl sites for hydroxylation is 1. The topological polar surface area (TPSA) is 62.2 Å². The zero-order chi connectivity index (χ0) is 10.7. The van der Waals surface area contributed by atoms with Crippen molar-refractivity contribution >= 4 is 27.5 Å². The van der Waals surface area contributed by atoms with Crippen molar-refractivity contribution in [2.75, 3.05) is 0 Å². The third kappa shape index (κ3) is 2.31. The molecule has 5 heteroatoms. The van der Waals surface area contributed by atoms with Crippen molar-refractivity contribution in [2.45, 2.75) is 12.8 Å². The van der Waals surface area contributed by atoms with Crippen LogP contribution in [0.2, 0.25) is 0 Å². The number of para-hydroxylation sites is 1. The fraction of sp³-hybridized carbons (Fsp3) is 0.200. The van der Waals surface area contributed by atoms with Crippen molar-refractivity contribution in [1.82, 2.24) is 10.5 Å². The first kappa shape index (κ1) is 10.1. The summed E-state index contributed by atoms with van der Waals surface area (Å²) in [6, 6.07) is 7.85. The third-order valence-electron chi connectivity index (χ3n) is 2.03. The van der Waals surface area contributed by atoms with Crippen LogP contribution >= 0.6 is 11.3 Å². The third-order valence-corrected chi connectivity index (χ3v) is 3.12. The Morgan fingerprint density at radius 3 is 3.00 bits per heavy atom. The maximum atomic E-state index is 10.8. The summed E-state index contributed by atoms with van der Waals surface area (Å²) in [5.41, 5.74) is 2.57. The number of benzene rings is 1. The maximum Gasteiger partial charge on any atom is 0.243 e. The highest BCUT2D eigenvalue weighted by molar-refractivity contribution is 7.18. The minimum absolute atomic E-state index is 0.260. The molecule has 0 bridgehead atoms. The summed E-state index contributed by atoms with van der Waals surface area (Å²) >= 11 is 1.58. The van der Waals surface area contributed by atoms with E-state index in [9.17, 15) is 4.79 Å². The van der Waals surface area contributed by atoms with Crippen LogP contribution in [0.25, 0.3) is 10.2 Å². The second-order valence-electron chi connectivity index (χ2n) is 3.11. The van der Waals surface area contributed by atoms with Gasteiger partial charge < -0.3 is 0 Å². The minimum Gasteiger partial charge on any atom is -0.289 e. The maximum absolute atomic E-state index is 10.8. The number of amides is 1. The Balaban J connectivity index is 2.12. The number of nitrogens with one attached hydrogen (secondary N) is 1. The predicted molar refractivity (Wildman–Crippen MR) is 57.9 cm³/mol. The molecule has 4 nitrogen and oxygen atoms in total. The number of rotatable bonds is 3. The molecule has 2 N–H and O–H groups in total. The van der Waals surface area contributed by atoms with Crippen molar-refractivity contribution in [3.63, 3.8) is 0 Å². The van der Waals surface area contributed by atoms with Gasteiger partial charge in [-0.15, -0.1) is 11.3 Å². The first-order valence-corrected chi connectivity index (χ1v) is 5.38. The van der Waals surface area contributed by atoms with E-state index in [1.165, 1.54) is 0 Å². The molecule has 0 saturated heterocycles. The molecule has 1 aromatic carbocycles. The van der Waals surface area contributed by atoms with Crippen LogP contribution in [0.3, 0.4) is 0 Å². The van der Waals surface area contributed by atoms with Gasteiger partial charge in [0.25, 0.3) is 0 Å². The van der Waals surface area contributed by atoms with E-state index in [-0.39, 0.29) is 12.3 Å². The van der Waals surface area contributed by atoms with Crippen molar-refractivity contribution in [3.8, 4) is 0 Å². The Kier molecular flexibility index (Phi) is 2.94. The smallest absolute Gasteiger partial charge is 0.243 e. The van der Waals surface area contributed by atoms with E-state index in [4.69, 9.17) is 5.21 Å². The molecule has 2 rings (SSSR count). The van der Waals surface area contributed by atoms with Gasteiger partial charge in [0.15, 0.2) is 0 Å². The van der Waals surface area contributed by atoms with Gasteiger partial charge in [-0.05, 0) is 12.1 Å². The van der Waals surface area contributed by atoms with Gasteiger partial charge in [-0.2, -0.15) is 0 Å². The molecular formula is C10H10N2O2S. The Bertz CT molecular complexity index is 448. The lowest BCUT2D eigenvalue weighted by Crippen LogP contribution is -2.18. The van der Waals surface area contributed by atoms with Crippen LogP contribution in [0.5, 0.6) is 0 Å². The Morgan fingerprint density at radius 2 is 2.27 bits per heavy atom. The Morgan fingerprint density at radius 1 is 1.47 bits per heavy atom. The molecule has 0 aliphatic rings. The summed E-state index contributed by atoms with van der Waals surface area (Å²) in [7, 11) is 0. The average Bonchev–Trinajstić information content (AvgIpc) is 2.68. The number of hydrogen-bond acceptors (Lipinski definition) is 4. The SMILES string of the molecule is O=C(CCc1nc2ccccc2s1)NO. The molecule has 0 spiro atoms. The molecule has 1 amide bonds. The van der Waals surface area contributed by atoms with E-state index in [1.807, 2.05) is 24.3 Å². The predicted octanol–water partition coefficient (Wildman–Crippen LogP) is 1.73. The standard InChI is InChI=1S/C10H10N2O2S/c13-9(12-14)5-6-10-11-7-3-1-2-4-8(7)15-10/h1-4,14H,5-6H2,(H,12,13). The first-order valence-electron chi connectivity index (χ1n) is 4.57. The van der Waals surface area contributed by atoms with Crippen LogP contribution in [0, 0.1) is 0 Å². The lowest BCUT2D eigenvalue weighted by Gasteiger charge is -1.94. The number of thiazole rings is 1. The fourth-order valence-corrected chi connectivity index (χ4v) is 2.27. The summed E-state index contributed by atoms with van der Waals surface area (Å²) in [4.78, 5) is 15.2. The highest BCUT2D eigenvalue weighted by Crippen LogP contribution is 2.22. The summed E-state index contributed by atoms with van der Waals surface area (Å²) < 4.78 is 1.12. The average molecular weight is 222 g/mol. The second-order valence-corrected chi connectivity index (χ2v) is 4.23. The molecule has 0 unspecified atom stereocenters. The molecule has 0 saturated carbocycles. The van der Waals surface area contributed by atoms with E-state index < -0.39 is 0 Å². The molecule has 0 atom stereocenters.